The molecule has 1 unspecified atom stereocenters. The number of rotatable bonds is 8. The highest BCUT2D eigenvalue weighted by atomic mass is 16.1. The Morgan fingerprint density at radius 3 is 2.76 bits per heavy atom. The topological polar surface area (TPSA) is 54.0 Å². The molecule has 1 aliphatic carbocycles. The minimum absolute atomic E-state index is 0.0209. The van der Waals surface area contributed by atoms with E-state index < -0.39 is 0 Å². The number of aryl methyl sites for hydroxylation is 1. The van der Waals surface area contributed by atoms with Crippen LogP contribution in [-0.4, -0.2) is 23.5 Å². The fraction of sp³-hybridized carbons (Fsp3) is 0.647. The van der Waals surface area contributed by atoms with Crippen LogP contribution in [0.4, 0.5) is 5.82 Å². The number of amides is 1. The lowest BCUT2D eigenvalue weighted by atomic mass is 10.1. The predicted molar refractivity (Wildman–Crippen MR) is 86.6 cm³/mol. The molecule has 2 N–H and O–H groups in total. The monoisotopic (exact) mass is 289 g/mol. The Labute approximate surface area is 127 Å². The van der Waals surface area contributed by atoms with Gasteiger partial charge in [0.15, 0.2) is 0 Å². The molecule has 0 saturated heterocycles. The number of aromatic nitrogens is 1. The molecular formula is C17H27N3O. The van der Waals surface area contributed by atoms with Crippen LogP contribution in [0.15, 0.2) is 12.1 Å². The van der Waals surface area contributed by atoms with E-state index in [0.717, 1.165) is 43.2 Å². The summed E-state index contributed by atoms with van der Waals surface area (Å²) in [5, 5.41) is 6.42. The lowest BCUT2D eigenvalue weighted by Crippen LogP contribution is -2.34. The lowest BCUT2D eigenvalue weighted by Gasteiger charge is -2.17. The van der Waals surface area contributed by atoms with E-state index in [9.17, 15) is 4.79 Å². The Hall–Kier alpha value is -1.58. The molecule has 0 aliphatic heterocycles. The smallest absolute Gasteiger partial charge is 0.251 e. The molecule has 1 aliphatic rings. The number of carbonyl (C=O) groups is 1. The van der Waals surface area contributed by atoms with E-state index in [-0.39, 0.29) is 5.91 Å². The van der Waals surface area contributed by atoms with Gasteiger partial charge in [-0.25, -0.2) is 4.98 Å². The molecule has 2 rings (SSSR count). The van der Waals surface area contributed by atoms with Gasteiger partial charge in [-0.1, -0.05) is 26.7 Å². The second-order valence-corrected chi connectivity index (χ2v) is 6.07. The molecule has 1 aromatic heterocycles. The molecule has 0 aromatic carbocycles. The maximum Gasteiger partial charge on any atom is 0.251 e. The number of pyridine rings is 1. The molecule has 4 nitrogen and oxygen atoms in total. The standard InChI is InChI=1S/C17H27N3O/c1-4-8-18-16-11-14(9-12(3)19-16)17(21)20-15(5-2)10-13-6-7-13/h9,11,13,15H,4-8,10H2,1-3H3,(H,18,19)(H,20,21). The highest BCUT2D eigenvalue weighted by Gasteiger charge is 2.25. The molecule has 1 amide bonds. The van der Waals surface area contributed by atoms with Gasteiger partial charge in [0.2, 0.25) is 0 Å². The highest BCUT2D eigenvalue weighted by molar-refractivity contribution is 5.95. The van der Waals surface area contributed by atoms with Crippen molar-refractivity contribution < 1.29 is 4.79 Å². The van der Waals surface area contributed by atoms with Crippen LogP contribution >= 0.6 is 0 Å². The van der Waals surface area contributed by atoms with Gasteiger partial charge in [-0.3, -0.25) is 4.79 Å². The molecular weight excluding hydrogens is 262 g/mol. The van der Waals surface area contributed by atoms with Crippen LogP contribution in [0.3, 0.4) is 0 Å². The van der Waals surface area contributed by atoms with Crippen molar-refractivity contribution in [3.05, 3.63) is 23.4 Å². The van der Waals surface area contributed by atoms with E-state index in [1.807, 2.05) is 19.1 Å². The van der Waals surface area contributed by atoms with Crippen molar-refractivity contribution in [1.29, 1.82) is 0 Å². The Balaban J connectivity index is 2.00. The largest absolute Gasteiger partial charge is 0.370 e. The van der Waals surface area contributed by atoms with Crippen LogP contribution in [0, 0.1) is 12.8 Å². The van der Waals surface area contributed by atoms with E-state index in [2.05, 4.69) is 29.5 Å². The summed E-state index contributed by atoms with van der Waals surface area (Å²) >= 11 is 0. The summed E-state index contributed by atoms with van der Waals surface area (Å²) in [4.78, 5) is 16.8. The van der Waals surface area contributed by atoms with Gasteiger partial charge in [-0.2, -0.15) is 0 Å². The lowest BCUT2D eigenvalue weighted by molar-refractivity contribution is 0.0932. The van der Waals surface area contributed by atoms with Crippen LogP contribution in [0.25, 0.3) is 0 Å². The van der Waals surface area contributed by atoms with Gasteiger partial charge in [0.05, 0.1) is 0 Å². The molecule has 0 radical (unpaired) electrons. The average Bonchev–Trinajstić information content (AvgIpc) is 3.27. The second kappa shape index (κ2) is 7.43. The van der Waals surface area contributed by atoms with Gasteiger partial charge in [0.1, 0.15) is 5.82 Å². The number of anilines is 1. The molecule has 0 bridgehead atoms. The zero-order chi connectivity index (χ0) is 15.2. The summed E-state index contributed by atoms with van der Waals surface area (Å²) in [5.74, 6) is 1.64. The maximum atomic E-state index is 12.4. The fourth-order valence-electron chi connectivity index (χ4n) is 2.50. The quantitative estimate of drug-likeness (QED) is 0.770. The number of hydrogen-bond acceptors (Lipinski definition) is 3. The zero-order valence-corrected chi connectivity index (χ0v) is 13.4. The van der Waals surface area contributed by atoms with Crippen molar-refractivity contribution in [3.8, 4) is 0 Å². The average molecular weight is 289 g/mol. The molecule has 4 heteroatoms. The molecule has 21 heavy (non-hydrogen) atoms. The van der Waals surface area contributed by atoms with Crippen molar-refractivity contribution in [2.45, 2.75) is 58.9 Å². The summed E-state index contributed by atoms with van der Waals surface area (Å²) < 4.78 is 0. The Morgan fingerprint density at radius 2 is 2.14 bits per heavy atom. The zero-order valence-electron chi connectivity index (χ0n) is 13.4. The Bertz CT molecular complexity index is 483. The first-order valence-corrected chi connectivity index (χ1v) is 8.15. The molecule has 1 atom stereocenters. The van der Waals surface area contributed by atoms with Crippen molar-refractivity contribution in [2.24, 2.45) is 5.92 Å². The number of nitrogens with zero attached hydrogens (tertiary/aromatic N) is 1. The first-order valence-electron chi connectivity index (χ1n) is 8.15. The Kier molecular flexibility index (Phi) is 5.59. The molecule has 1 aromatic rings. The van der Waals surface area contributed by atoms with Gasteiger partial charge in [0, 0.05) is 23.8 Å². The molecule has 116 valence electrons. The minimum Gasteiger partial charge on any atom is -0.370 e. The van der Waals surface area contributed by atoms with Gasteiger partial charge in [0.25, 0.3) is 5.91 Å². The van der Waals surface area contributed by atoms with E-state index in [4.69, 9.17) is 0 Å². The summed E-state index contributed by atoms with van der Waals surface area (Å²) in [5.41, 5.74) is 1.58. The van der Waals surface area contributed by atoms with E-state index in [1.165, 1.54) is 12.8 Å². The van der Waals surface area contributed by atoms with E-state index in [1.54, 1.807) is 0 Å². The first kappa shape index (κ1) is 15.8. The SMILES string of the molecule is CCCNc1cc(C(=O)NC(CC)CC2CC2)cc(C)n1. The predicted octanol–water partition coefficient (Wildman–Crippen LogP) is 3.52. The summed E-state index contributed by atoms with van der Waals surface area (Å²) in [7, 11) is 0. The molecule has 1 fully saturated rings. The minimum atomic E-state index is 0.0209. The normalized spacial score (nSPS) is 15.6. The van der Waals surface area contributed by atoms with Gasteiger partial charge in [-0.15, -0.1) is 0 Å². The second-order valence-electron chi connectivity index (χ2n) is 6.07. The maximum absolute atomic E-state index is 12.4. The van der Waals surface area contributed by atoms with Crippen molar-refractivity contribution in [1.82, 2.24) is 10.3 Å². The van der Waals surface area contributed by atoms with Gasteiger partial charge < -0.3 is 10.6 Å². The third-order valence-electron chi connectivity index (χ3n) is 3.91. The van der Waals surface area contributed by atoms with Crippen LogP contribution in [0.2, 0.25) is 0 Å². The number of carbonyl (C=O) groups excluding carboxylic acids is 1. The highest BCUT2D eigenvalue weighted by Crippen LogP contribution is 2.34. The van der Waals surface area contributed by atoms with Gasteiger partial charge >= 0.3 is 0 Å². The van der Waals surface area contributed by atoms with Crippen LogP contribution in [-0.2, 0) is 0 Å². The summed E-state index contributed by atoms with van der Waals surface area (Å²) in [6.45, 7) is 7.05. The van der Waals surface area contributed by atoms with Crippen molar-refractivity contribution in [2.75, 3.05) is 11.9 Å². The van der Waals surface area contributed by atoms with Crippen molar-refractivity contribution >= 4 is 11.7 Å². The molecule has 1 saturated carbocycles. The van der Waals surface area contributed by atoms with Crippen LogP contribution < -0.4 is 10.6 Å². The van der Waals surface area contributed by atoms with Crippen LogP contribution in [0.5, 0.6) is 0 Å². The van der Waals surface area contributed by atoms with Crippen LogP contribution in [0.1, 0.15) is 62.0 Å². The Morgan fingerprint density at radius 1 is 1.38 bits per heavy atom. The number of nitrogens with one attached hydrogen (secondary N) is 2. The van der Waals surface area contributed by atoms with Gasteiger partial charge in [-0.05, 0) is 44.2 Å². The third kappa shape index (κ3) is 5.03. The number of hydrogen-bond donors (Lipinski definition) is 2. The third-order valence-corrected chi connectivity index (χ3v) is 3.91. The molecule has 0 spiro atoms. The van der Waals surface area contributed by atoms with E-state index >= 15 is 0 Å². The van der Waals surface area contributed by atoms with E-state index in [0.29, 0.717) is 11.6 Å². The summed E-state index contributed by atoms with van der Waals surface area (Å²) in [6.07, 6.45) is 5.80. The van der Waals surface area contributed by atoms with Crippen molar-refractivity contribution in [3.63, 3.8) is 0 Å². The summed E-state index contributed by atoms with van der Waals surface area (Å²) in [6, 6.07) is 4.00. The first-order chi connectivity index (χ1) is 10.1. The molecule has 1 heterocycles. The fourth-order valence-corrected chi connectivity index (χ4v) is 2.50.